The van der Waals surface area contributed by atoms with Gasteiger partial charge >= 0.3 is 0 Å². The molecule has 0 bridgehead atoms. The fourth-order valence-electron chi connectivity index (χ4n) is 4.48. The Morgan fingerprint density at radius 2 is 2.07 bits per heavy atom. The van der Waals surface area contributed by atoms with Gasteiger partial charge in [0.1, 0.15) is 12.7 Å². The zero-order valence-electron chi connectivity index (χ0n) is 17.6. The maximum Gasteiger partial charge on any atom is 0.171 e. The van der Waals surface area contributed by atoms with E-state index in [4.69, 9.17) is 9.47 Å². The van der Waals surface area contributed by atoms with Crippen molar-refractivity contribution in [3.63, 3.8) is 0 Å². The summed E-state index contributed by atoms with van der Waals surface area (Å²) >= 11 is 0. The number of hydrogen-bond acceptors (Lipinski definition) is 5. The van der Waals surface area contributed by atoms with Crippen LogP contribution in [-0.4, -0.2) is 43.9 Å². The van der Waals surface area contributed by atoms with Gasteiger partial charge < -0.3 is 19.7 Å². The van der Waals surface area contributed by atoms with Crippen LogP contribution in [0.4, 0.5) is 5.69 Å². The molecule has 0 saturated heterocycles. The number of aryl methyl sites for hydroxylation is 2. The van der Waals surface area contributed by atoms with Crippen LogP contribution in [0.5, 0.6) is 11.5 Å². The highest BCUT2D eigenvalue weighted by molar-refractivity contribution is 5.88. The van der Waals surface area contributed by atoms with Crippen LogP contribution in [0.1, 0.15) is 24.1 Å². The van der Waals surface area contributed by atoms with Crippen molar-refractivity contribution in [3.8, 4) is 11.5 Å². The van der Waals surface area contributed by atoms with Crippen LogP contribution in [-0.2, 0) is 6.42 Å². The number of para-hydroxylation sites is 1. The van der Waals surface area contributed by atoms with Gasteiger partial charge in [0, 0.05) is 36.4 Å². The predicted octanol–water partition coefficient (Wildman–Crippen LogP) is 4.12. The van der Waals surface area contributed by atoms with Crippen molar-refractivity contribution >= 4 is 16.6 Å². The largest absolute Gasteiger partial charge is 0.486 e. The zero-order chi connectivity index (χ0) is 20.3. The standard InChI is InChI=1S/C25H29N3O2/c1-18-9-10-21-22(27-18)11-12-24-25(21)30-20(17-29-24)16-26-13-5-15-28-14-4-7-19-6-2-3-8-23(19)28/h2-3,6,8-12,20,26H,4-5,7,13-17H2,1H3. The number of rotatable bonds is 6. The van der Waals surface area contributed by atoms with E-state index in [0.29, 0.717) is 6.61 Å². The molecule has 30 heavy (non-hydrogen) atoms. The van der Waals surface area contributed by atoms with E-state index in [1.165, 1.54) is 24.1 Å². The molecule has 2 aliphatic heterocycles. The molecule has 0 aliphatic carbocycles. The number of fused-ring (bicyclic) bond motifs is 4. The van der Waals surface area contributed by atoms with E-state index in [-0.39, 0.29) is 6.10 Å². The molecule has 0 saturated carbocycles. The van der Waals surface area contributed by atoms with Crippen LogP contribution in [0.15, 0.2) is 48.5 Å². The molecule has 1 atom stereocenters. The number of ether oxygens (including phenoxy) is 2. The third-order valence-corrected chi connectivity index (χ3v) is 5.99. The van der Waals surface area contributed by atoms with Gasteiger partial charge in [-0.2, -0.15) is 0 Å². The molecule has 0 fully saturated rings. The third-order valence-electron chi connectivity index (χ3n) is 5.99. The van der Waals surface area contributed by atoms with Crippen molar-refractivity contribution in [3.05, 3.63) is 59.8 Å². The lowest BCUT2D eigenvalue weighted by molar-refractivity contribution is 0.0925. The summed E-state index contributed by atoms with van der Waals surface area (Å²) in [5.74, 6) is 1.64. The first-order valence-corrected chi connectivity index (χ1v) is 11.0. The van der Waals surface area contributed by atoms with E-state index in [0.717, 1.165) is 60.7 Å². The van der Waals surface area contributed by atoms with Gasteiger partial charge in [-0.3, -0.25) is 4.98 Å². The Kier molecular flexibility index (Phi) is 5.45. The van der Waals surface area contributed by atoms with Crippen molar-refractivity contribution in [1.82, 2.24) is 10.3 Å². The van der Waals surface area contributed by atoms with Gasteiger partial charge in [0.15, 0.2) is 11.5 Å². The molecular weight excluding hydrogens is 374 g/mol. The van der Waals surface area contributed by atoms with Crippen molar-refractivity contribution in [2.24, 2.45) is 0 Å². The molecule has 2 aromatic carbocycles. The molecule has 0 spiro atoms. The van der Waals surface area contributed by atoms with Crippen LogP contribution in [0.3, 0.4) is 0 Å². The minimum atomic E-state index is 0.0140. The Balaban J connectivity index is 1.13. The van der Waals surface area contributed by atoms with Crippen LogP contribution in [0, 0.1) is 6.92 Å². The summed E-state index contributed by atoms with van der Waals surface area (Å²) in [6, 6.07) is 16.9. The van der Waals surface area contributed by atoms with E-state index < -0.39 is 0 Å². The number of anilines is 1. The summed E-state index contributed by atoms with van der Waals surface area (Å²) in [5.41, 5.74) is 4.86. The van der Waals surface area contributed by atoms with Gasteiger partial charge in [0.2, 0.25) is 0 Å². The van der Waals surface area contributed by atoms with Gasteiger partial charge in [-0.15, -0.1) is 0 Å². The number of nitrogens with zero attached hydrogens (tertiary/aromatic N) is 2. The van der Waals surface area contributed by atoms with E-state index in [2.05, 4.69) is 45.5 Å². The maximum absolute atomic E-state index is 6.29. The van der Waals surface area contributed by atoms with Crippen molar-refractivity contribution in [2.75, 3.05) is 37.7 Å². The van der Waals surface area contributed by atoms with Crippen molar-refractivity contribution < 1.29 is 9.47 Å². The average Bonchev–Trinajstić information content (AvgIpc) is 2.78. The van der Waals surface area contributed by atoms with Crippen LogP contribution >= 0.6 is 0 Å². The highest BCUT2D eigenvalue weighted by atomic mass is 16.6. The lowest BCUT2D eigenvalue weighted by Gasteiger charge is -2.31. The number of hydrogen-bond donors (Lipinski definition) is 1. The molecule has 1 aromatic heterocycles. The summed E-state index contributed by atoms with van der Waals surface area (Å²) in [6.45, 7) is 6.58. The first-order chi connectivity index (χ1) is 14.8. The van der Waals surface area contributed by atoms with Gasteiger partial charge in [-0.05, 0) is 68.6 Å². The van der Waals surface area contributed by atoms with Gasteiger partial charge in [-0.25, -0.2) is 0 Å². The molecule has 5 rings (SSSR count). The van der Waals surface area contributed by atoms with Crippen molar-refractivity contribution in [2.45, 2.75) is 32.3 Å². The van der Waals surface area contributed by atoms with Gasteiger partial charge in [-0.1, -0.05) is 18.2 Å². The first kappa shape index (κ1) is 19.2. The smallest absolute Gasteiger partial charge is 0.171 e. The summed E-state index contributed by atoms with van der Waals surface area (Å²) in [4.78, 5) is 7.13. The molecule has 156 valence electrons. The molecule has 5 nitrogen and oxygen atoms in total. The van der Waals surface area contributed by atoms with Gasteiger partial charge in [0.05, 0.1) is 5.52 Å². The predicted molar refractivity (Wildman–Crippen MR) is 121 cm³/mol. The molecule has 1 unspecified atom stereocenters. The highest BCUT2D eigenvalue weighted by Gasteiger charge is 2.23. The first-order valence-electron chi connectivity index (χ1n) is 11.0. The summed E-state index contributed by atoms with van der Waals surface area (Å²) < 4.78 is 12.3. The zero-order valence-corrected chi connectivity index (χ0v) is 17.6. The Labute approximate surface area is 178 Å². The SMILES string of the molecule is Cc1ccc2c3c(ccc2n1)OCC(CNCCCN1CCCc2ccccc21)O3. The molecule has 3 aromatic rings. The van der Waals surface area contributed by atoms with E-state index in [1.54, 1.807) is 0 Å². The van der Waals surface area contributed by atoms with Gasteiger partial charge in [0.25, 0.3) is 0 Å². The second-order valence-corrected chi connectivity index (χ2v) is 8.24. The number of benzene rings is 2. The molecule has 2 aliphatic rings. The fourth-order valence-corrected chi connectivity index (χ4v) is 4.48. The molecule has 3 heterocycles. The minimum Gasteiger partial charge on any atom is -0.486 e. The number of pyridine rings is 1. The summed E-state index contributed by atoms with van der Waals surface area (Å²) in [5, 5.41) is 4.58. The normalized spacial score (nSPS) is 17.8. The van der Waals surface area contributed by atoms with Crippen molar-refractivity contribution in [1.29, 1.82) is 0 Å². The van der Waals surface area contributed by atoms with E-state index >= 15 is 0 Å². The van der Waals surface area contributed by atoms with Crippen LogP contribution < -0.4 is 19.7 Å². The molecule has 1 N–H and O–H groups in total. The highest BCUT2D eigenvalue weighted by Crippen LogP contribution is 2.38. The second kappa shape index (κ2) is 8.52. The number of aromatic nitrogens is 1. The Morgan fingerprint density at radius 3 is 3.03 bits per heavy atom. The third kappa shape index (κ3) is 3.94. The molecular formula is C25H29N3O2. The molecule has 5 heteroatoms. The fraction of sp³-hybridized carbons (Fsp3) is 0.400. The average molecular weight is 404 g/mol. The quantitative estimate of drug-likeness (QED) is 0.628. The minimum absolute atomic E-state index is 0.0140. The Hall–Kier alpha value is -2.79. The molecule has 0 radical (unpaired) electrons. The van der Waals surface area contributed by atoms with E-state index in [9.17, 15) is 0 Å². The Morgan fingerprint density at radius 1 is 1.13 bits per heavy atom. The molecule has 0 amide bonds. The monoisotopic (exact) mass is 403 g/mol. The second-order valence-electron chi connectivity index (χ2n) is 8.24. The lowest BCUT2D eigenvalue weighted by Crippen LogP contribution is -2.39. The summed E-state index contributed by atoms with van der Waals surface area (Å²) in [7, 11) is 0. The van der Waals surface area contributed by atoms with Crippen LogP contribution in [0.2, 0.25) is 0 Å². The van der Waals surface area contributed by atoms with E-state index in [1.807, 2.05) is 25.1 Å². The maximum atomic E-state index is 6.29. The Bertz CT molecular complexity index is 1040. The number of nitrogens with one attached hydrogen (secondary N) is 1. The van der Waals surface area contributed by atoms with Crippen LogP contribution in [0.25, 0.3) is 10.9 Å². The summed E-state index contributed by atoms with van der Waals surface area (Å²) in [6.07, 6.45) is 3.58. The topological polar surface area (TPSA) is 46.6 Å². The lowest BCUT2D eigenvalue weighted by atomic mass is 10.0.